The highest BCUT2D eigenvalue weighted by molar-refractivity contribution is 8.00. The van der Waals surface area contributed by atoms with Crippen molar-refractivity contribution in [3.63, 3.8) is 0 Å². The second-order valence-electron chi connectivity index (χ2n) is 9.25. The third kappa shape index (κ3) is 8.58. The molecule has 208 valence electrons. The highest BCUT2D eigenvalue weighted by Crippen LogP contribution is 2.27. The molecule has 1 atom stereocenters. The average molecular weight is 566 g/mol. The van der Waals surface area contributed by atoms with Gasteiger partial charge in [-0.1, -0.05) is 54.1 Å². The number of thioether (sulfide) groups is 1. The normalized spacial score (nSPS) is 11.7. The van der Waals surface area contributed by atoms with Gasteiger partial charge in [-0.2, -0.15) is 0 Å². The Balaban J connectivity index is 1.48. The first-order valence-electron chi connectivity index (χ1n) is 13.0. The molecule has 0 saturated heterocycles. The Labute approximate surface area is 244 Å². The quantitative estimate of drug-likeness (QED) is 0.150. The van der Waals surface area contributed by atoms with Gasteiger partial charge in [0.15, 0.2) is 0 Å². The monoisotopic (exact) mass is 565 g/mol. The van der Waals surface area contributed by atoms with E-state index in [1.54, 1.807) is 79.9 Å². The van der Waals surface area contributed by atoms with Gasteiger partial charge in [0.2, 0.25) is 5.91 Å². The Morgan fingerprint density at radius 1 is 0.805 bits per heavy atom. The van der Waals surface area contributed by atoms with Crippen molar-refractivity contribution in [2.75, 3.05) is 17.7 Å². The fraction of sp³-hybridized carbons (Fsp3) is 0.121. The molecule has 3 amide bonds. The van der Waals surface area contributed by atoms with Crippen LogP contribution in [0.25, 0.3) is 6.08 Å². The van der Waals surface area contributed by atoms with Gasteiger partial charge >= 0.3 is 0 Å². The molecule has 0 aliphatic carbocycles. The molecule has 4 aromatic rings. The van der Waals surface area contributed by atoms with Crippen molar-refractivity contribution in [3.8, 4) is 5.75 Å². The number of nitrogens with one attached hydrogen (secondary N) is 3. The van der Waals surface area contributed by atoms with E-state index in [-0.39, 0.29) is 16.9 Å². The zero-order valence-corrected chi connectivity index (χ0v) is 23.8. The minimum Gasteiger partial charge on any atom is -0.497 e. The van der Waals surface area contributed by atoms with Crippen LogP contribution in [0.1, 0.15) is 28.4 Å². The summed E-state index contributed by atoms with van der Waals surface area (Å²) in [5.74, 6) is -0.338. The van der Waals surface area contributed by atoms with Crippen molar-refractivity contribution in [1.82, 2.24) is 5.32 Å². The maximum atomic E-state index is 13.4. The number of ether oxygens (including phenoxy) is 1. The number of carbonyl (C=O) groups is 3. The first-order chi connectivity index (χ1) is 19.8. The van der Waals surface area contributed by atoms with E-state index in [9.17, 15) is 14.4 Å². The lowest BCUT2D eigenvalue weighted by Crippen LogP contribution is -2.30. The zero-order valence-electron chi connectivity index (χ0n) is 23.0. The fourth-order valence-electron chi connectivity index (χ4n) is 3.79. The minimum absolute atomic E-state index is 0.0768. The molecule has 0 bridgehead atoms. The fourth-order valence-corrected chi connectivity index (χ4v) is 4.72. The van der Waals surface area contributed by atoms with Crippen LogP contribution in [-0.4, -0.2) is 30.1 Å². The number of hydrogen-bond donors (Lipinski definition) is 3. The number of benzene rings is 4. The average Bonchev–Trinajstić information content (AvgIpc) is 2.99. The summed E-state index contributed by atoms with van der Waals surface area (Å²) in [5, 5.41) is 8.16. The standard InChI is InChI=1S/C33H31N3O4S/c1-22-12-16-26(17-13-22)34-31(37)23(2)41-29-11-7-10-27(21-29)35-33(39)30(20-24-14-18-28(40-3)19-15-24)36-32(38)25-8-5-4-6-9-25/h4-21,23H,1-3H3,(H,34,37)(H,35,39)(H,36,38)/b30-20+. The summed E-state index contributed by atoms with van der Waals surface area (Å²) in [6, 6.07) is 30.7. The van der Waals surface area contributed by atoms with E-state index in [1.807, 2.05) is 50.2 Å². The summed E-state index contributed by atoms with van der Waals surface area (Å²) in [6.45, 7) is 3.82. The Morgan fingerprint density at radius 2 is 1.51 bits per heavy atom. The van der Waals surface area contributed by atoms with Gasteiger partial charge in [-0.25, -0.2) is 0 Å². The molecule has 1 unspecified atom stereocenters. The summed E-state index contributed by atoms with van der Waals surface area (Å²) >= 11 is 1.38. The molecule has 0 saturated carbocycles. The van der Waals surface area contributed by atoms with Gasteiger partial charge in [-0.15, -0.1) is 11.8 Å². The Morgan fingerprint density at radius 3 is 2.20 bits per heavy atom. The van der Waals surface area contributed by atoms with E-state index in [2.05, 4.69) is 16.0 Å². The van der Waals surface area contributed by atoms with Gasteiger partial charge in [0.1, 0.15) is 11.4 Å². The molecule has 0 fully saturated rings. The Kier molecular flexibility index (Phi) is 9.96. The van der Waals surface area contributed by atoms with E-state index < -0.39 is 11.8 Å². The van der Waals surface area contributed by atoms with Gasteiger partial charge in [0.05, 0.1) is 12.4 Å². The predicted molar refractivity (Wildman–Crippen MR) is 165 cm³/mol. The van der Waals surface area contributed by atoms with E-state index >= 15 is 0 Å². The number of rotatable bonds is 10. The van der Waals surface area contributed by atoms with Crippen LogP contribution >= 0.6 is 11.8 Å². The highest BCUT2D eigenvalue weighted by Gasteiger charge is 2.17. The summed E-state index contributed by atoms with van der Waals surface area (Å²) in [6.07, 6.45) is 1.60. The van der Waals surface area contributed by atoms with Gasteiger partial charge < -0.3 is 20.7 Å². The van der Waals surface area contributed by atoms with Gasteiger partial charge in [0, 0.05) is 21.8 Å². The SMILES string of the molecule is COc1ccc(/C=C(/NC(=O)c2ccccc2)C(=O)Nc2cccc(SC(C)C(=O)Nc3ccc(C)cc3)c2)cc1. The van der Waals surface area contributed by atoms with E-state index in [0.717, 1.165) is 16.1 Å². The van der Waals surface area contributed by atoms with Crippen molar-refractivity contribution < 1.29 is 19.1 Å². The van der Waals surface area contributed by atoms with E-state index in [0.29, 0.717) is 22.6 Å². The van der Waals surface area contributed by atoms with E-state index in [4.69, 9.17) is 4.74 Å². The maximum absolute atomic E-state index is 13.4. The molecular formula is C33H31N3O4S. The van der Waals surface area contributed by atoms with E-state index in [1.165, 1.54) is 11.8 Å². The topological polar surface area (TPSA) is 96.5 Å². The first-order valence-corrected chi connectivity index (χ1v) is 13.9. The minimum atomic E-state index is -0.489. The second-order valence-corrected chi connectivity index (χ2v) is 10.7. The number of amides is 3. The van der Waals surface area contributed by atoms with Crippen LogP contribution in [0.4, 0.5) is 11.4 Å². The summed E-state index contributed by atoms with van der Waals surface area (Å²) < 4.78 is 5.21. The summed E-state index contributed by atoms with van der Waals surface area (Å²) in [4.78, 5) is 39.8. The van der Waals surface area contributed by atoms with Crippen molar-refractivity contribution in [1.29, 1.82) is 0 Å². The van der Waals surface area contributed by atoms with Crippen molar-refractivity contribution in [2.45, 2.75) is 24.0 Å². The molecule has 4 rings (SSSR count). The summed E-state index contributed by atoms with van der Waals surface area (Å²) in [5.41, 5.74) is 3.60. The Bertz CT molecular complexity index is 1540. The lowest BCUT2D eigenvalue weighted by Gasteiger charge is -2.14. The number of aryl methyl sites for hydroxylation is 1. The molecule has 0 radical (unpaired) electrons. The molecule has 7 nitrogen and oxygen atoms in total. The molecule has 3 N–H and O–H groups in total. The second kappa shape index (κ2) is 14.0. The zero-order chi connectivity index (χ0) is 29.2. The van der Waals surface area contributed by atoms with Crippen LogP contribution in [0.15, 0.2) is 114 Å². The highest BCUT2D eigenvalue weighted by atomic mass is 32.2. The van der Waals surface area contributed by atoms with Crippen LogP contribution in [0.3, 0.4) is 0 Å². The van der Waals surface area contributed by atoms with Crippen molar-refractivity contribution >= 4 is 46.9 Å². The van der Waals surface area contributed by atoms with Crippen LogP contribution < -0.4 is 20.7 Å². The number of hydrogen-bond acceptors (Lipinski definition) is 5. The molecule has 8 heteroatoms. The molecule has 4 aromatic carbocycles. The lowest BCUT2D eigenvalue weighted by atomic mass is 10.1. The van der Waals surface area contributed by atoms with Crippen LogP contribution in [0.2, 0.25) is 0 Å². The van der Waals surface area contributed by atoms with Crippen molar-refractivity contribution in [2.24, 2.45) is 0 Å². The Hall–Kier alpha value is -4.82. The third-order valence-corrected chi connectivity index (χ3v) is 7.14. The third-order valence-electron chi connectivity index (χ3n) is 6.05. The number of methoxy groups -OCH3 is 1. The van der Waals surface area contributed by atoms with Gasteiger partial charge in [0.25, 0.3) is 11.8 Å². The molecule has 0 aliphatic rings. The van der Waals surface area contributed by atoms with Gasteiger partial charge in [-0.3, -0.25) is 14.4 Å². The number of anilines is 2. The maximum Gasteiger partial charge on any atom is 0.272 e. The molecule has 0 aliphatic heterocycles. The summed E-state index contributed by atoms with van der Waals surface area (Å²) in [7, 11) is 1.58. The molecule has 0 heterocycles. The lowest BCUT2D eigenvalue weighted by molar-refractivity contribution is -0.115. The first kappa shape index (κ1) is 29.2. The molecule has 41 heavy (non-hydrogen) atoms. The van der Waals surface area contributed by atoms with Crippen molar-refractivity contribution in [3.05, 3.63) is 126 Å². The predicted octanol–water partition coefficient (Wildman–Crippen LogP) is 6.53. The van der Waals surface area contributed by atoms with Gasteiger partial charge in [-0.05, 0) is 80.1 Å². The molecule has 0 aromatic heterocycles. The molecule has 0 spiro atoms. The smallest absolute Gasteiger partial charge is 0.272 e. The van der Waals surface area contributed by atoms with Crippen LogP contribution in [0, 0.1) is 6.92 Å². The number of carbonyl (C=O) groups excluding carboxylic acids is 3. The molecular weight excluding hydrogens is 534 g/mol. The van der Waals surface area contributed by atoms with Crippen LogP contribution in [-0.2, 0) is 9.59 Å². The van der Waals surface area contributed by atoms with Crippen LogP contribution in [0.5, 0.6) is 5.75 Å². The largest absolute Gasteiger partial charge is 0.497 e.